The Hall–Kier alpha value is -1.31. The van der Waals surface area contributed by atoms with Gasteiger partial charge in [-0.15, -0.1) is 13.2 Å². The van der Waals surface area contributed by atoms with E-state index in [1.54, 1.807) is 12.1 Å². The summed E-state index contributed by atoms with van der Waals surface area (Å²) in [6.07, 6.45) is -4.08. The second-order valence-corrected chi connectivity index (χ2v) is 5.66. The Labute approximate surface area is 123 Å². The average molecular weight is 305 g/mol. The van der Waals surface area contributed by atoms with Crippen molar-refractivity contribution in [2.24, 2.45) is 5.84 Å². The lowest BCUT2D eigenvalue weighted by Gasteiger charge is -2.40. The fourth-order valence-electron chi connectivity index (χ4n) is 1.89. The van der Waals surface area contributed by atoms with Crippen LogP contribution in [0.25, 0.3) is 0 Å². The number of hydrogen-bond donors (Lipinski definition) is 2. The summed E-state index contributed by atoms with van der Waals surface area (Å²) >= 11 is 0. The molecule has 1 atom stereocenters. The molecule has 0 aliphatic carbocycles. The first-order valence-corrected chi connectivity index (χ1v) is 6.54. The topological polar surface area (TPSA) is 50.5 Å². The van der Waals surface area contributed by atoms with Gasteiger partial charge in [0.25, 0.3) is 0 Å². The van der Waals surface area contributed by atoms with Gasteiger partial charge in [0.1, 0.15) is 5.75 Å². The lowest BCUT2D eigenvalue weighted by Crippen LogP contribution is -2.58. The van der Waals surface area contributed by atoms with Crippen LogP contribution < -0.4 is 16.0 Å². The van der Waals surface area contributed by atoms with Gasteiger partial charge < -0.3 is 9.64 Å². The molecule has 21 heavy (non-hydrogen) atoms. The molecule has 0 saturated carbocycles. The third-order valence-electron chi connectivity index (χ3n) is 3.80. The van der Waals surface area contributed by atoms with E-state index in [0.717, 1.165) is 5.56 Å². The Morgan fingerprint density at radius 1 is 1.19 bits per heavy atom. The first-order chi connectivity index (χ1) is 9.56. The Morgan fingerprint density at radius 3 is 2.10 bits per heavy atom. The lowest BCUT2D eigenvalue weighted by molar-refractivity contribution is -0.274. The standard InChI is InChI=1S/C14H22F3N3O/c1-13(2,20(3)4)12(19-18)9-10-5-7-11(8-6-10)21-14(15,16)17/h5-8,12,19H,9,18H2,1-4H3. The van der Waals surface area contributed by atoms with Gasteiger partial charge in [0.05, 0.1) is 0 Å². The van der Waals surface area contributed by atoms with E-state index in [9.17, 15) is 13.2 Å². The number of ether oxygens (including phenoxy) is 1. The number of hydrogen-bond acceptors (Lipinski definition) is 4. The van der Waals surface area contributed by atoms with E-state index in [1.807, 2.05) is 32.8 Å². The molecule has 0 radical (unpaired) electrons. The van der Waals surface area contributed by atoms with Gasteiger partial charge >= 0.3 is 6.36 Å². The zero-order chi connectivity index (χ0) is 16.3. The molecule has 0 heterocycles. The van der Waals surface area contributed by atoms with Crippen molar-refractivity contribution < 1.29 is 17.9 Å². The van der Waals surface area contributed by atoms with Crippen LogP contribution in [0.4, 0.5) is 13.2 Å². The Bertz CT molecular complexity index is 444. The summed E-state index contributed by atoms with van der Waals surface area (Å²) in [4.78, 5) is 2.04. The van der Waals surface area contributed by atoms with Crippen LogP contribution in [-0.2, 0) is 6.42 Å². The summed E-state index contributed by atoms with van der Waals surface area (Å²) in [6, 6.07) is 5.77. The number of halogens is 3. The maximum atomic E-state index is 12.1. The molecule has 0 aliphatic heterocycles. The van der Waals surface area contributed by atoms with Gasteiger partial charge in [-0.2, -0.15) is 0 Å². The van der Waals surface area contributed by atoms with Crippen molar-refractivity contribution in [3.63, 3.8) is 0 Å². The molecular formula is C14H22F3N3O. The van der Waals surface area contributed by atoms with Crippen molar-refractivity contribution in [2.75, 3.05) is 14.1 Å². The Morgan fingerprint density at radius 2 is 1.71 bits per heavy atom. The molecule has 3 N–H and O–H groups in total. The van der Waals surface area contributed by atoms with Gasteiger partial charge in [-0.3, -0.25) is 11.3 Å². The number of likely N-dealkylation sites (N-methyl/N-ethyl adjacent to an activating group) is 1. The quantitative estimate of drug-likeness (QED) is 0.625. The number of alkyl halides is 3. The fraction of sp³-hybridized carbons (Fsp3) is 0.571. The number of rotatable bonds is 6. The lowest BCUT2D eigenvalue weighted by atomic mass is 9.88. The van der Waals surface area contributed by atoms with Crippen molar-refractivity contribution in [2.45, 2.75) is 38.2 Å². The number of hydrazine groups is 1. The Balaban J connectivity index is 2.78. The molecule has 1 rings (SSSR count). The summed E-state index contributed by atoms with van der Waals surface area (Å²) in [6.45, 7) is 4.08. The molecule has 1 aromatic carbocycles. The smallest absolute Gasteiger partial charge is 0.406 e. The molecule has 7 heteroatoms. The maximum Gasteiger partial charge on any atom is 0.573 e. The van der Waals surface area contributed by atoms with Crippen LogP contribution in [0.2, 0.25) is 0 Å². The van der Waals surface area contributed by atoms with Crippen molar-refractivity contribution >= 4 is 0 Å². The minimum atomic E-state index is -4.67. The van der Waals surface area contributed by atoms with Gasteiger partial charge in [0, 0.05) is 11.6 Å². The molecule has 0 aromatic heterocycles. The van der Waals surface area contributed by atoms with Crippen LogP contribution in [0, 0.1) is 0 Å². The summed E-state index contributed by atoms with van der Waals surface area (Å²) < 4.78 is 40.1. The molecule has 4 nitrogen and oxygen atoms in total. The molecule has 1 aromatic rings. The molecule has 120 valence electrons. The van der Waals surface area contributed by atoms with Crippen LogP contribution in [-0.4, -0.2) is 36.9 Å². The molecular weight excluding hydrogens is 283 g/mol. The third kappa shape index (κ3) is 5.18. The zero-order valence-corrected chi connectivity index (χ0v) is 12.7. The number of benzene rings is 1. The third-order valence-corrected chi connectivity index (χ3v) is 3.80. The van der Waals surface area contributed by atoms with E-state index < -0.39 is 6.36 Å². The van der Waals surface area contributed by atoms with E-state index >= 15 is 0 Å². The normalized spacial score (nSPS) is 14.3. The summed E-state index contributed by atoms with van der Waals surface area (Å²) in [5, 5.41) is 0. The highest BCUT2D eigenvalue weighted by atomic mass is 19.4. The van der Waals surface area contributed by atoms with Crippen molar-refractivity contribution in [1.82, 2.24) is 10.3 Å². The molecule has 0 amide bonds. The molecule has 1 unspecified atom stereocenters. The fourth-order valence-corrected chi connectivity index (χ4v) is 1.89. The van der Waals surface area contributed by atoms with E-state index in [1.165, 1.54) is 12.1 Å². The first kappa shape index (κ1) is 17.7. The highest BCUT2D eigenvalue weighted by Crippen LogP contribution is 2.24. The molecule has 0 fully saturated rings. The van der Waals surface area contributed by atoms with Gasteiger partial charge in [-0.1, -0.05) is 12.1 Å². The Kier molecular flexibility index (Phi) is 5.61. The largest absolute Gasteiger partial charge is 0.573 e. The van der Waals surface area contributed by atoms with Crippen LogP contribution in [0.5, 0.6) is 5.75 Å². The SMILES string of the molecule is CN(C)C(C)(C)C(Cc1ccc(OC(F)(F)F)cc1)NN. The second kappa shape index (κ2) is 6.64. The summed E-state index contributed by atoms with van der Waals surface area (Å²) in [7, 11) is 3.90. The molecule has 0 aliphatic rings. The van der Waals surface area contributed by atoms with E-state index in [4.69, 9.17) is 5.84 Å². The monoisotopic (exact) mass is 305 g/mol. The first-order valence-electron chi connectivity index (χ1n) is 6.54. The van der Waals surface area contributed by atoms with Gasteiger partial charge in [-0.05, 0) is 52.1 Å². The summed E-state index contributed by atoms with van der Waals surface area (Å²) in [5.74, 6) is 5.38. The van der Waals surface area contributed by atoms with Gasteiger partial charge in [-0.25, -0.2) is 0 Å². The van der Waals surface area contributed by atoms with Crippen LogP contribution >= 0.6 is 0 Å². The average Bonchev–Trinajstić information content (AvgIpc) is 2.35. The second-order valence-electron chi connectivity index (χ2n) is 5.66. The van der Waals surface area contributed by atoms with Crippen molar-refractivity contribution in [1.29, 1.82) is 0 Å². The highest BCUT2D eigenvalue weighted by Gasteiger charge is 2.32. The van der Waals surface area contributed by atoms with Crippen molar-refractivity contribution in [3.05, 3.63) is 29.8 Å². The molecule has 0 bridgehead atoms. The summed E-state index contributed by atoms with van der Waals surface area (Å²) in [5.41, 5.74) is 3.44. The highest BCUT2D eigenvalue weighted by molar-refractivity contribution is 5.28. The van der Waals surface area contributed by atoms with Crippen LogP contribution in [0.15, 0.2) is 24.3 Å². The minimum absolute atomic E-state index is 0.0538. The maximum absolute atomic E-state index is 12.1. The number of nitrogens with two attached hydrogens (primary N) is 1. The number of nitrogens with zero attached hydrogens (tertiary/aromatic N) is 1. The van der Waals surface area contributed by atoms with Crippen LogP contribution in [0.3, 0.4) is 0 Å². The van der Waals surface area contributed by atoms with Gasteiger partial charge in [0.2, 0.25) is 0 Å². The van der Waals surface area contributed by atoms with Crippen molar-refractivity contribution in [3.8, 4) is 5.75 Å². The van der Waals surface area contributed by atoms with Crippen LogP contribution in [0.1, 0.15) is 19.4 Å². The number of nitrogens with one attached hydrogen (secondary N) is 1. The predicted octanol–water partition coefficient (Wildman–Crippen LogP) is 2.30. The predicted molar refractivity (Wildman–Crippen MR) is 75.7 cm³/mol. The van der Waals surface area contributed by atoms with E-state index in [2.05, 4.69) is 10.2 Å². The zero-order valence-electron chi connectivity index (χ0n) is 12.7. The molecule has 0 spiro atoms. The van der Waals surface area contributed by atoms with E-state index in [0.29, 0.717) is 6.42 Å². The molecule has 0 saturated heterocycles. The van der Waals surface area contributed by atoms with Gasteiger partial charge in [0.15, 0.2) is 0 Å². The minimum Gasteiger partial charge on any atom is -0.406 e. The van der Waals surface area contributed by atoms with E-state index in [-0.39, 0.29) is 17.3 Å².